The van der Waals surface area contributed by atoms with Crippen LogP contribution in [0.3, 0.4) is 0 Å². The van der Waals surface area contributed by atoms with Gasteiger partial charge in [0.25, 0.3) is 5.91 Å². The van der Waals surface area contributed by atoms with Crippen molar-refractivity contribution < 1.29 is 4.79 Å². The molecule has 0 spiro atoms. The monoisotopic (exact) mass is 497 g/mol. The average Bonchev–Trinajstić information content (AvgIpc) is 3.18. The van der Waals surface area contributed by atoms with Crippen LogP contribution in [0.5, 0.6) is 0 Å². The molecule has 0 radical (unpaired) electrons. The molecular formula is C29H24ClN3OS. The summed E-state index contributed by atoms with van der Waals surface area (Å²) in [5.41, 5.74) is 14.8. The molecule has 0 atom stereocenters. The van der Waals surface area contributed by atoms with Gasteiger partial charge in [-0.25, -0.2) is 4.98 Å². The number of fused-ring (bicyclic) bond motifs is 1. The number of benzene rings is 3. The third-order valence-electron chi connectivity index (χ3n) is 6.05. The molecule has 4 nitrogen and oxygen atoms in total. The lowest BCUT2D eigenvalue weighted by molar-refractivity contribution is 0.103. The molecule has 0 aliphatic rings. The molecule has 2 heterocycles. The number of aryl methyl sites for hydroxylation is 3. The number of carbonyl (C=O) groups excluding carboxylic acids is 1. The number of amides is 1. The van der Waals surface area contributed by atoms with Crippen molar-refractivity contribution in [1.29, 1.82) is 0 Å². The van der Waals surface area contributed by atoms with Crippen LogP contribution in [0.25, 0.3) is 32.6 Å². The molecule has 5 aromatic rings. The molecule has 0 saturated carbocycles. The molecule has 35 heavy (non-hydrogen) atoms. The normalized spacial score (nSPS) is 11.1. The van der Waals surface area contributed by atoms with Crippen molar-refractivity contribution in [3.05, 3.63) is 99.4 Å². The van der Waals surface area contributed by atoms with E-state index < -0.39 is 0 Å². The number of hydrogen-bond acceptors (Lipinski definition) is 4. The fourth-order valence-electron chi connectivity index (χ4n) is 4.45. The third-order valence-corrected chi connectivity index (χ3v) is 7.40. The minimum Gasteiger partial charge on any atom is -0.397 e. The number of carbonyl (C=O) groups is 1. The van der Waals surface area contributed by atoms with Gasteiger partial charge in [0.05, 0.1) is 11.4 Å². The van der Waals surface area contributed by atoms with Crippen molar-refractivity contribution in [1.82, 2.24) is 4.98 Å². The zero-order chi connectivity index (χ0) is 24.7. The molecule has 5 rings (SSSR count). The molecule has 0 unspecified atom stereocenters. The smallest absolute Gasteiger partial charge is 0.267 e. The summed E-state index contributed by atoms with van der Waals surface area (Å²) in [5.74, 6) is -0.233. The Kier molecular flexibility index (Phi) is 6.05. The summed E-state index contributed by atoms with van der Waals surface area (Å²) in [6, 6.07) is 23.8. The van der Waals surface area contributed by atoms with Crippen LogP contribution in [0, 0.1) is 20.8 Å². The molecule has 0 bridgehead atoms. The van der Waals surface area contributed by atoms with Crippen LogP contribution in [0.1, 0.15) is 26.4 Å². The number of thiophene rings is 1. The van der Waals surface area contributed by atoms with Gasteiger partial charge in [-0.15, -0.1) is 11.3 Å². The highest BCUT2D eigenvalue weighted by molar-refractivity contribution is 7.21. The van der Waals surface area contributed by atoms with E-state index in [1.54, 1.807) is 0 Å². The lowest BCUT2D eigenvalue weighted by Crippen LogP contribution is -2.14. The second-order valence-electron chi connectivity index (χ2n) is 8.68. The number of aromatic nitrogens is 1. The fourth-order valence-corrected chi connectivity index (χ4v) is 5.59. The Morgan fingerprint density at radius 3 is 2.23 bits per heavy atom. The number of pyridine rings is 1. The molecule has 3 aromatic carbocycles. The van der Waals surface area contributed by atoms with Gasteiger partial charge < -0.3 is 11.1 Å². The maximum absolute atomic E-state index is 13.4. The number of halogens is 1. The highest BCUT2D eigenvalue weighted by Crippen LogP contribution is 2.42. The lowest BCUT2D eigenvalue weighted by Gasteiger charge is -2.12. The van der Waals surface area contributed by atoms with Crippen LogP contribution >= 0.6 is 22.9 Å². The van der Waals surface area contributed by atoms with Crippen molar-refractivity contribution in [2.24, 2.45) is 0 Å². The maximum atomic E-state index is 13.4. The zero-order valence-corrected chi connectivity index (χ0v) is 21.2. The first kappa shape index (κ1) is 23.1. The van der Waals surface area contributed by atoms with Crippen LogP contribution in [0.4, 0.5) is 11.4 Å². The van der Waals surface area contributed by atoms with Gasteiger partial charge in [0, 0.05) is 21.7 Å². The van der Waals surface area contributed by atoms with E-state index >= 15 is 0 Å². The van der Waals surface area contributed by atoms with Crippen molar-refractivity contribution in [3.63, 3.8) is 0 Å². The molecule has 0 aliphatic carbocycles. The summed E-state index contributed by atoms with van der Waals surface area (Å²) < 4.78 is 0. The minimum absolute atomic E-state index is 0.233. The predicted octanol–water partition coefficient (Wildman–Crippen LogP) is 8.04. The summed E-state index contributed by atoms with van der Waals surface area (Å²) in [6.07, 6.45) is 0. The van der Waals surface area contributed by atoms with Gasteiger partial charge in [0.15, 0.2) is 0 Å². The number of nitrogens with two attached hydrogens (primary N) is 1. The lowest BCUT2D eigenvalue weighted by atomic mass is 9.99. The van der Waals surface area contributed by atoms with Crippen molar-refractivity contribution in [2.75, 3.05) is 11.1 Å². The van der Waals surface area contributed by atoms with E-state index in [-0.39, 0.29) is 5.91 Å². The van der Waals surface area contributed by atoms with E-state index in [0.717, 1.165) is 55.0 Å². The van der Waals surface area contributed by atoms with Crippen molar-refractivity contribution in [3.8, 4) is 22.4 Å². The van der Waals surface area contributed by atoms with Crippen LogP contribution in [0.2, 0.25) is 5.02 Å². The number of hydrogen-bond donors (Lipinski definition) is 2. The summed E-state index contributed by atoms with van der Waals surface area (Å²) >= 11 is 7.46. The Morgan fingerprint density at radius 1 is 0.914 bits per heavy atom. The molecule has 6 heteroatoms. The predicted molar refractivity (Wildman–Crippen MR) is 149 cm³/mol. The molecule has 0 aliphatic heterocycles. The standard InChI is InChI=1S/C29H24ClN3OS/c1-16-13-17(2)26(18(3)14-16)33-28(34)27-25(31)24-22(19-9-11-21(30)12-10-19)15-23(32-29(24)35-27)20-7-5-4-6-8-20/h4-15H,31H2,1-3H3,(H,33,34). The second-order valence-corrected chi connectivity index (χ2v) is 10.1. The first-order chi connectivity index (χ1) is 16.8. The van der Waals surface area contributed by atoms with E-state index in [1.165, 1.54) is 11.3 Å². The topological polar surface area (TPSA) is 68.0 Å². The van der Waals surface area contributed by atoms with E-state index in [1.807, 2.05) is 81.4 Å². The fraction of sp³-hybridized carbons (Fsp3) is 0.103. The molecule has 2 aromatic heterocycles. The van der Waals surface area contributed by atoms with E-state index in [2.05, 4.69) is 17.4 Å². The van der Waals surface area contributed by atoms with Crippen LogP contribution < -0.4 is 11.1 Å². The number of nitrogens with zero attached hydrogens (tertiary/aromatic N) is 1. The van der Waals surface area contributed by atoms with Gasteiger partial charge in [-0.3, -0.25) is 4.79 Å². The number of nitrogen functional groups attached to an aromatic ring is 1. The van der Waals surface area contributed by atoms with Gasteiger partial charge in [-0.1, -0.05) is 71.8 Å². The highest BCUT2D eigenvalue weighted by atomic mass is 35.5. The number of nitrogens with one attached hydrogen (secondary N) is 1. The summed E-state index contributed by atoms with van der Waals surface area (Å²) in [6.45, 7) is 6.04. The van der Waals surface area contributed by atoms with Gasteiger partial charge in [-0.2, -0.15) is 0 Å². The SMILES string of the molecule is Cc1cc(C)c(NC(=O)c2sc3nc(-c4ccccc4)cc(-c4ccc(Cl)cc4)c3c2N)c(C)c1. The first-order valence-corrected chi connectivity index (χ1v) is 12.4. The van der Waals surface area contributed by atoms with Crippen LogP contribution in [-0.2, 0) is 0 Å². The Labute approximate surface area is 213 Å². The Morgan fingerprint density at radius 2 is 1.57 bits per heavy atom. The van der Waals surface area contributed by atoms with Gasteiger partial charge in [0.1, 0.15) is 9.71 Å². The van der Waals surface area contributed by atoms with Gasteiger partial charge >= 0.3 is 0 Å². The summed E-state index contributed by atoms with van der Waals surface area (Å²) in [5, 5.41) is 4.52. The Balaban J connectivity index is 1.67. The van der Waals surface area contributed by atoms with Crippen molar-refractivity contribution in [2.45, 2.75) is 20.8 Å². The molecule has 3 N–H and O–H groups in total. The maximum Gasteiger partial charge on any atom is 0.267 e. The second kappa shape index (κ2) is 9.17. The van der Waals surface area contributed by atoms with Crippen LogP contribution in [0.15, 0.2) is 72.8 Å². The highest BCUT2D eigenvalue weighted by Gasteiger charge is 2.22. The minimum atomic E-state index is -0.233. The van der Waals surface area contributed by atoms with Crippen LogP contribution in [-0.4, -0.2) is 10.9 Å². The number of anilines is 2. The molecule has 174 valence electrons. The Bertz CT molecular complexity index is 1550. The molecule has 0 fully saturated rings. The molecule has 1 amide bonds. The third kappa shape index (κ3) is 4.41. The van der Waals surface area contributed by atoms with Gasteiger partial charge in [0.2, 0.25) is 0 Å². The molecule has 0 saturated heterocycles. The van der Waals surface area contributed by atoms with Crippen molar-refractivity contribution >= 4 is 50.4 Å². The first-order valence-electron chi connectivity index (χ1n) is 11.3. The van der Waals surface area contributed by atoms with Gasteiger partial charge in [-0.05, 0) is 61.2 Å². The molecular weight excluding hydrogens is 474 g/mol. The van der Waals surface area contributed by atoms with E-state index in [0.29, 0.717) is 15.6 Å². The summed E-state index contributed by atoms with van der Waals surface area (Å²) in [4.78, 5) is 19.5. The summed E-state index contributed by atoms with van der Waals surface area (Å²) in [7, 11) is 0. The largest absolute Gasteiger partial charge is 0.397 e. The van der Waals surface area contributed by atoms with E-state index in [4.69, 9.17) is 22.3 Å². The Hall–Kier alpha value is -3.67. The zero-order valence-electron chi connectivity index (χ0n) is 19.6. The average molecular weight is 498 g/mol. The number of rotatable bonds is 4. The quantitative estimate of drug-likeness (QED) is 0.264. The van der Waals surface area contributed by atoms with E-state index in [9.17, 15) is 4.79 Å².